The highest BCUT2D eigenvalue weighted by atomic mass is 32.2. The van der Waals surface area contributed by atoms with Crippen LogP contribution in [0.15, 0.2) is 35.4 Å². The Morgan fingerprint density at radius 1 is 0.778 bits per heavy atom. The second kappa shape index (κ2) is 2.94. The molecule has 0 amide bonds. The average Bonchev–Trinajstić information content (AvgIpc) is 3.24. The second-order valence-electron chi connectivity index (χ2n) is 5.07. The summed E-state index contributed by atoms with van der Waals surface area (Å²) in [4.78, 5) is 25.1. The third-order valence-corrected chi connectivity index (χ3v) is 7.09. The molecule has 0 radical (unpaired) electrons. The molecule has 1 aromatic rings. The number of hydrogen-bond acceptors (Lipinski definition) is 4. The molecular formula is C14H8O2S2. The van der Waals surface area contributed by atoms with Gasteiger partial charge in [-0.1, -0.05) is 24.3 Å². The summed E-state index contributed by atoms with van der Waals surface area (Å²) >= 11 is 3.73. The van der Waals surface area contributed by atoms with E-state index in [-0.39, 0.29) is 11.6 Å². The normalized spacial score (nSPS) is 38.7. The van der Waals surface area contributed by atoms with Crippen LogP contribution in [0.5, 0.6) is 0 Å². The van der Waals surface area contributed by atoms with E-state index in [1.165, 1.54) is 0 Å². The molecule has 2 nitrogen and oxygen atoms in total. The maximum atomic E-state index is 12.6. The van der Waals surface area contributed by atoms with Crippen molar-refractivity contribution in [3.05, 3.63) is 46.5 Å². The molecule has 0 saturated carbocycles. The predicted molar refractivity (Wildman–Crippen MR) is 72.5 cm³/mol. The summed E-state index contributed by atoms with van der Waals surface area (Å²) in [6.07, 6.45) is 0. The van der Waals surface area contributed by atoms with E-state index < -0.39 is 0 Å². The summed E-state index contributed by atoms with van der Waals surface area (Å²) < 4.78 is 0. The number of rotatable bonds is 0. The lowest BCUT2D eigenvalue weighted by Gasteiger charge is -2.22. The molecule has 2 saturated heterocycles. The molecule has 2 aliphatic carbocycles. The molecular weight excluding hydrogens is 264 g/mol. The predicted octanol–water partition coefficient (Wildman–Crippen LogP) is 2.34. The van der Waals surface area contributed by atoms with Crippen LogP contribution in [0.1, 0.15) is 20.7 Å². The fourth-order valence-corrected chi connectivity index (χ4v) is 6.25. The largest absolute Gasteiger partial charge is 0.289 e. The van der Waals surface area contributed by atoms with Crippen LogP contribution in [0.3, 0.4) is 0 Å². The van der Waals surface area contributed by atoms with Crippen molar-refractivity contribution in [2.24, 2.45) is 0 Å². The van der Waals surface area contributed by atoms with Gasteiger partial charge in [-0.05, 0) is 0 Å². The highest BCUT2D eigenvalue weighted by Crippen LogP contribution is 2.68. The molecule has 2 aliphatic heterocycles. The van der Waals surface area contributed by atoms with E-state index in [0.29, 0.717) is 32.1 Å². The van der Waals surface area contributed by atoms with Crippen LogP contribution in [-0.2, 0) is 0 Å². The molecule has 4 atom stereocenters. The number of benzene rings is 1. The van der Waals surface area contributed by atoms with Gasteiger partial charge in [-0.2, -0.15) is 0 Å². The standard InChI is InChI=1S/C14H8O2S2/c15-9-5-3-1-2-4-6(5)10(16)8-7(9)11-13(17-11)14-12(8)18-14/h1-4,11-14H. The van der Waals surface area contributed by atoms with E-state index in [1.54, 1.807) is 12.1 Å². The van der Waals surface area contributed by atoms with Crippen LogP contribution in [0, 0.1) is 0 Å². The number of hydrogen-bond donors (Lipinski definition) is 0. The van der Waals surface area contributed by atoms with E-state index in [9.17, 15) is 9.59 Å². The number of fused-ring (bicyclic) bond motifs is 6. The first kappa shape index (κ1) is 9.87. The lowest BCUT2D eigenvalue weighted by Crippen LogP contribution is -2.31. The third-order valence-electron chi connectivity index (χ3n) is 4.14. The van der Waals surface area contributed by atoms with Gasteiger partial charge in [0.1, 0.15) is 0 Å². The molecule has 5 rings (SSSR count). The Morgan fingerprint density at radius 3 is 1.67 bits per heavy atom. The number of thioether (sulfide) groups is 2. The lowest BCUT2D eigenvalue weighted by atomic mass is 9.77. The molecule has 0 aromatic heterocycles. The Bertz CT molecular complexity index is 619. The van der Waals surface area contributed by atoms with Gasteiger partial charge in [0.05, 0.1) is 0 Å². The van der Waals surface area contributed by atoms with Gasteiger partial charge >= 0.3 is 0 Å². The molecule has 2 fully saturated rings. The zero-order valence-electron chi connectivity index (χ0n) is 9.25. The maximum Gasteiger partial charge on any atom is 0.191 e. The molecule has 18 heavy (non-hydrogen) atoms. The molecule has 1 aromatic carbocycles. The third kappa shape index (κ3) is 1.01. The molecule has 4 aliphatic rings. The van der Waals surface area contributed by atoms with Gasteiger partial charge in [0, 0.05) is 43.3 Å². The molecule has 4 heteroatoms. The number of carbonyl (C=O) groups is 2. The van der Waals surface area contributed by atoms with Crippen molar-refractivity contribution in [3.63, 3.8) is 0 Å². The smallest absolute Gasteiger partial charge is 0.191 e. The van der Waals surface area contributed by atoms with Crippen molar-refractivity contribution in [1.29, 1.82) is 0 Å². The summed E-state index contributed by atoms with van der Waals surface area (Å²) in [5, 5.41) is 1.81. The van der Waals surface area contributed by atoms with E-state index in [1.807, 2.05) is 35.7 Å². The van der Waals surface area contributed by atoms with Crippen molar-refractivity contribution in [2.45, 2.75) is 21.0 Å². The van der Waals surface area contributed by atoms with E-state index >= 15 is 0 Å². The zero-order valence-corrected chi connectivity index (χ0v) is 10.9. The van der Waals surface area contributed by atoms with E-state index in [4.69, 9.17) is 0 Å². The number of ketones is 2. The average molecular weight is 272 g/mol. The van der Waals surface area contributed by atoms with Gasteiger partial charge in [0.2, 0.25) is 0 Å². The van der Waals surface area contributed by atoms with Gasteiger partial charge in [0.15, 0.2) is 11.6 Å². The van der Waals surface area contributed by atoms with Crippen LogP contribution in [0.4, 0.5) is 0 Å². The summed E-state index contributed by atoms with van der Waals surface area (Å²) in [5.74, 6) is 0.206. The molecule has 88 valence electrons. The van der Waals surface area contributed by atoms with E-state index in [2.05, 4.69) is 0 Å². The van der Waals surface area contributed by atoms with Gasteiger partial charge < -0.3 is 0 Å². The first-order valence-electron chi connectivity index (χ1n) is 6.01. The zero-order chi connectivity index (χ0) is 12.0. The first-order chi connectivity index (χ1) is 8.77. The number of carbonyl (C=O) groups excluding carboxylic acids is 2. The van der Waals surface area contributed by atoms with Crippen molar-refractivity contribution in [2.75, 3.05) is 0 Å². The van der Waals surface area contributed by atoms with Crippen LogP contribution in [-0.4, -0.2) is 32.6 Å². The SMILES string of the molecule is O=C1C2=C(C(=O)c3ccccc31)C1SC1C1SC21. The van der Waals surface area contributed by atoms with E-state index in [0.717, 1.165) is 11.1 Å². The Kier molecular flexibility index (Phi) is 1.61. The Hall–Kier alpha value is -1.000. The molecule has 0 N–H and O–H groups in total. The van der Waals surface area contributed by atoms with Crippen molar-refractivity contribution < 1.29 is 9.59 Å². The van der Waals surface area contributed by atoms with Crippen LogP contribution in [0.2, 0.25) is 0 Å². The molecule has 0 bridgehead atoms. The molecule has 2 heterocycles. The lowest BCUT2D eigenvalue weighted by molar-refractivity contribution is 0.0970. The highest BCUT2D eigenvalue weighted by Gasteiger charge is 2.65. The van der Waals surface area contributed by atoms with Crippen LogP contribution in [0.25, 0.3) is 0 Å². The maximum absolute atomic E-state index is 12.6. The van der Waals surface area contributed by atoms with Crippen molar-refractivity contribution >= 4 is 35.1 Å². The minimum Gasteiger partial charge on any atom is -0.289 e. The summed E-state index contributed by atoms with van der Waals surface area (Å²) in [5.41, 5.74) is 2.88. The molecule has 4 unspecified atom stereocenters. The van der Waals surface area contributed by atoms with Gasteiger partial charge in [-0.25, -0.2) is 0 Å². The minimum atomic E-state index is 0.103. The van der Waals surface area contributed by atoms with Crippen molar-refractivity contribution in [3.8, 4) is 0 Å². The van der Waals surface area contributed by atoms with Gasteiger partial charge in [-0.15, -0.1) is 23.5 Å². The van der Waals surface area contributed by atoms with Crippen LogP contribution >= 0.6 is 23.5 Å². The Morgan fingerprint density at radius 2 is 1.22 bits per heavy atom. The summed E-state index contributed by atoms with van der Waals surface area (Å²) in [6.45, 7) is 0. The minimum absolute atomic E-state index is 0.103. The fraction of sp³-hybridized carbons (Fsp3) is 0.286. The van der Waals surface area contributed by atoms with Gasteiger partial charge in [-0.3, -0.25) is 9.59 Å². The monoisotopic (exact) mass is 272 g/mol. The fourth-order valence-electron chi connectivity index (χ4n) is 3.19. The topological polar surface area (TPSA) is 34.1 Å². The molecule has 0 spiro atoms. The second-order valence-corrected chi connectivity index (χ2v) is 7.72. The first-order valence-corrected chi connectivity index (χ1v) is 7.89. The van der Waals surface area contributed by atoms with Crippen LogP contribution < -0.4 is 0 Å². The Labute approximate surface area is 112 Å². The van der Waals surface area contributed by atoms with Gasteiger partial charge in [0.25, 0.3) is 0 Å². The highest BCUT2D eigenvalue weighted by molar-refractivity contribution is 8.13. The quantitative estimate of drug-likeness (QED) is 0.679. The number of Topliss-reactive ketones (excluding diaryl/α,β-unsaturated/α-hetero) is 2. The summed E-state index contributed by atoms with van der Waals surface area (Å²) in [6, 6.07) is 7.25. The summed E-state index contributed by atoms with van der Waals surface area (Å²) in [7, 11) is 0. The van der Waals surface area contributed by atoms with Crippen molar-refractivity contribution in [1.82, 2.24) is 0 Å². The Balaban J connectivity index is 1.80.